The molecule has 0 radical (unpaired) electrons. The lowest BCUT2D eigenvalue weighted by Crippen LogP contribution is -2.47. The van der Waals surface area contributed by atoms with Gasteiger partial charge in [-0.3, -0.25) is 0 Å². The molecule has 1 atom stereocenters. The van der Waals surface area contributed by atoms with Gasteiger partial charge in [-0.25, -0.2) is 13.4 Å². The van der Waals surface area contributed by atoms with E-state index in [9.17, 15) is 8.42 Å². The van der Waals surface area contributed by atoms with Crippen LogP contribution in [-0.4, -0.2) is 55.1 Å². The summed E-state index contributed by atoms with van der Waals surface area (Å²) in [4.78, 5) is 10.4. The highest BCUT2D eigenvalue weighted by atomic mass is 32.2. The third-order valence-corrected chi connectivity index (χ3v) is 5.66. The van der Waals surface area contributed by atoms with Gasteiger partial charge in [0.25, 0.3) is 0 Å². The molecule has 6 nitrogen and oxygen atoms in total. The zero-order chi connectivity index (χ0) is 14.0. The highest BCUT2D eigenvalue weighted by Gasteiger charge is 2.32. The molecule has 1 aliphatic rings. The van der Waals surface area contributed by atoms with Crippen LogP contribution in [0.3, 0.4) is 0 Å². The van der Waals surface area contributed by atoms with Crippen molar-refractivity contribution >= 4 is 33.4 Å². The number of thioether (sulfide) groups is 1. The van der Waals surface area contributed by atoms with Crippen molar-refractivity contribution < 1.29 is 8.42 Å². The second kappa shape index (κ2) is 5.54. The Hall–Kier alpha value is -1.02. The molecule has 1 N–H and O–H groups in total. The first-order chi connectivity index (χ1) is 8.93. The number of sulfone groups is 1. The van der Waals surface area contributed by atoms with Crippen molar-refractivity contribution in [3.63, 3.8) is 0 Å². The molecule has 0 aliphatic carbocycles. The van der Waals surface area contributed by atoms with Crippen molar-refractivity contribution in [3.8, 4) is 0 Å². The zero-order valence-corrected chi connectivity index (χ0v) is 12.9. The normalized spacial score (nSPS) is 20.4. The molecule has 1 saturated heterocycles. The van der Waals surface area contributed by atoms with Crippen LogP contribution in [0.2, 0.25) is 0 Å². The molecule has 1 aliphatic heterocycles. The van der Waals surface area contributed by atoms with Gasteiger partial charge >= 0.3 is 0 Å². The summed E-state index contributed by atoms with van der Waals surface area (Å²) >= 11 is 1.66. The molecule has 1 aromatic rings. The summed E-state index contributed by atoms with van der Waals surface area (Å²) in [5, 5.41) is 2.37. The Morgan fingerprint density at radius 1 is 1.53 bits per heavy atom. The average molecular weight is 302 g/mol. The summed E-state index contributed by atoms with van der Waals surface area (Å²) in [6.45, 7) is 2.58. The molecule has 0 amide bonds. The van der Waals surface area contributed by atoms with Gasteiger partial charge in [0.2, 0.25) is 5.95 Å². The Balaban J connectivity index is 2.42. The number of aromatic nitrogens is 2. The molecule has 0 spiro atoms. The van der Waals surface area contributed by atoms with Gasteiger partial charge in [-0.05, 0) is 6.92 Å². The smallest absolute Gasteiger partial charge is 0.224 e. The first kappa shape index (κ1) is 14.4. The molecule has 106 valence electrons. The third-order valence-electron chi connectivity index (χ3n) is 3.02. The maximum absolute atomic E-state index is 11.9. The van der Waals surface area contributed by atoms with Crippen molar-refractivity contribution in [2.24, 2.45) is 0 Å². The second-order valence-electron chi connectivity index (χ2n) is 4.50. The van der Waals surface area contributed by atoms with Gasteiger partial charge in [-0.2, -0.15) is 16.7 Å². The van der Waals surface area contributed by atoms with Gasteiger partial charge in [0.05, 0.1) is 0 Å². The van der Waals surface area contributed by atoms with Crippen molar-refractivity contribution in [2.75, 3.05) is 41.6 Å². The highest BCUT2D eigenvalue weighted by Crippen LogP contribution is 2.27. The summed E-state index contributed by atoms with van der Waals surface area (Å²) < 4.78 is 23.8. The van der Waals surface area contributed by atoms with E-state index in [1.54, 1.807) is 25.0 Å². The minimum atomic E-state index is -3.14. The number of aryl methyl sites for hydroxylation is 1. The van der Waals surface area contributed by atoms with Gasteiger partial charge in [-0.15, -0.1) is 0 Å². The lowest BCUT2D eigenvalue weighted by atomic mass is 10.3. The standard InChI is InChI=1S/C11H18N4O2S2/c1-8-6-13-11(12-2)14-10(8)15-4-5-18-7-9(15)19(3,16)17/h6,9H,4-5,7H2,1-3H3,(H,12,13,14). The number of nitrogens with one attached hydrogen (secondary N) is 1. The van der Waals surface area contributed by atoms with Crippen LogP contribution >= 0.6 is 11.8 Å². The fourth-order valence-corrected chi connectivity index (χ4v) is 4.84. The van der Waals surface area contributed by atoms with Crippen LogP contribution in [0.25, 0.3) is 0 Å². The number of hydrogen-bond acceptors (Lipinski definition) is 7. The maximum Gasteiger partial charge on any atom is 0.224 e. The van der Waals surface area contributed by atoms with E-state index in [1.807, 2.05) is 11.8 Å². The predicted octanol–water partition coefficient (Wildman–Crippen LogP) is 0.751. The lowest BCUT2D eigenvalue weighted by Gasteiger charge is -2.35. The van der Waals surface area contributed by atoms with Crippen molar-refractivity contribution in [1.82, 2.24) is 9.97 Å². The quantitative estimate of drug-likeness (QED) is 0.883. The van der Waals surface area contributed by atoms with Gasteiger partial charge in [0.1, 0.15) is 11.2 Å². The van der Waals surface area contributed by atoms with Crippen LogP contribution in [0.4, 0.5) is 11.8 Å². The van der Waals surface area contributed by atoms with Crippen LogP contribution in [0.1, 0.15) is 5.56 Å². The second-order valence-corrected chi connectivity index (χ2v) is 7.86. The van der Waals surface area contributed by atoms with E-state index in [-0.39, 0.29) is 0 Å². The Labute approximate surface area is 117 Å². The maximum atomic E-state index is 11.9. The average Bonchev–Trinajstić information content (AvgIpc) is 2.38. The topological polar surface area (TPSA) is 75.2 Å². The van der Waals surface area contributed by atoms with Gasteiger partial charge in [0.15, 0.2) is 9.84 Å². The summed E-state index contributed by atoms with van der Waals surface area (Å²) in [6.07, 6.45) is 3.00. The zero-order valence-electron chi connectivity index (χ0n) is 11.3. The number of anilines is 2. The fraction of sp³-hybridized carbons (Fsp3) is 0.636. The molecule has 0 aromatic carbocycles. The van der Waals surface area contributed by atoms with Crippen molar-refractivity contribution in [3.05, 3.63) is 11.8 Å². The molecular weight excluding hydrogens is 284 g/mol. The highest BCUT2D eigenvalue weighted by molar-refractivity contribution is 8.01. The first-order valence-electron chi connectivity index (χ1n) is 5.98. The minimum absolute atomic E-state index is 0.506. The molecule has 1 unspecified atom stereocenters. The summed E-state index contributed by atoms with van der Waals surface area (Å²) in [5.41, 5.74) is 0.888. The van der Waals surface area contributed by atoms with E-state index in [0.29, 0.717) is 24.1 Å². The summed E-state index contributed by atoms with van der Waals surface area (Å²) in [7, 11) is -1.39. The molecule has 1 fully saturated rings. The van der Waals surface area contributed by atoms with Crippen molar-refractivity contribution in [2.45, 2.75) is 12.3 Å². The Morgan fingerprint density at radius 2 is 2.26 bits per heavy atom. The molecule has 2 rings (SSSR count). The fourth-order valence-electron chi connectivity index (χ4n) is 2.02. The predicted molar refractivity (Wildman–Crippen MR) is 79.6 cm³/mol. The van der Waals surface area contributed by atoms with Crippen LogP contribution < -0.4 is 10.2 Å². The van der Waals surface area contributed by atoms with E-state index in [0.717, 1.165) is 11.3 Å². The minimum Gasteiger partial charge on any atom is -0.357 e. The van der Waals surface area contributed by atoms with Crippen LogP contribution in [-0.2, 0) is 9.84 Å². The Morgan fingerprint density at radius 3 is 2.89 bits per heavy atom. The van der Waals surface area contributed by atoms with E-state index in [1.165, 1.54) is 6.26 Å². The molecule has 1 aromatic heterocycles. The number of rotatable bonds is 3. The molecular formula is C11H18N4O2S2. The molecule has 19 heavy (non-hydrogen) atoms. The van der Waals surface area contributed by atoms with Crippen LogP contribution in [0, 0.1) is 6.92 Å². The largest absolute Gasteiger partial charge is 0.357 e. The first-order valence-corrected chi connectivity index (χ1v) is 9.09. The summed E-state index contributed by atoms with van der Waals surface area (Å²) in [5.74, 6) is 2.70. The van der Waals surface area contributed by atoms with E-state index in [2.05, 4.69) is 15.3 Å². The van der Waals surface area contributed by atoms with E-state index >= 15 is 0 Å². The summed E-state index contributed by atoms with van der Waals surface area (Å²) in [6, 6.07) is 0. The van der Waals surface area contributed by atoms with Gasteiger partial charge in [-0.1, -0.05) is 0 Å². The van der Waals surface area contributed by atoms with Crippen LogP contribution in [0.15, 0.2) is 6.20 Å². The number of hydrogen-bond donors (Lipinski definition) is 1. The lowest BCUT2D eigenvalue weighted by molar-refractivity contribution is 0.583. The molecule has 0 saturated carbocycles. The molecule has 8 heteroatoms. The van der Waals surface area contributed by atoms with E-state index in [4.69, 9.17) is 0 Å². The third kappa shape index (κ3) is 3.11. The Bertz CT molecular complexity index is 562. The van der Waals surface area contributed by atoms with Gasteiger partial charge < -0.3 is 10.2 Å². The Kier molecular flexibility index (Phi) is 4.19. The van der Waals surface area contributed by atoms with Gasteiger partial charge in [0, 0.05) is 43.1 Å². The molecule has 0 bridgehead atoms. The molecule has 2 heterocycles. The number of nitrogens with zero attached hydrogens (tertiary/aromatic N) is 3. The monoisotopic (exact) mass is 302 g/mol. The van der Waals surface area contributed by atoms with Crippen LogP contribution in [0.5, 0.6) is 0 Å². The van der Waals surface area contributed by atoms with E-state index < -0.39 is 15.2 Å². The SMILES string of the molecule is CNc1ncc(C)c(N2CCSCC2S(C)(=O)=O)n1. The van der Waals surface area contributed by atoms with Crippen molar-refractivity contribution in [1.29, 1.82) is 0 Å².